The van der Waals surface area contributed by atoms with E-state index in [1.165, 1.54) is 23.8 Å². The molecule has 0 bridgehead atoms. The molecule has 3 aromatic rings. The van der Waals surface area contributed by atoms with E-state index in [1.54, 1.807) is 6.07 Å². The third-order valence-electron chi connectivity index (χ3n) is 6.65. The molecule has 0 aliphatic carbocycles. The van der Waals surface area contributed by atoms with Crippen LogP contribution in [0.3, 0.4) is 0 Å². The summed E-state index contributed by atoms with van der Waals surface area (Å²) in [5, 5.41) is 15.5. The number of benzene rings is 3. The number of aliphatic carboxylic acids is 1. The van der Waals surface area contributed by atoms with E-state index in [9.17, 15) is 13.6 Å². The minimum Gasteiger partial charge on any atom is -0.481 e. The molecule has 0 fully saturated rings. The van der Waals surface area contributed by atoms with Crippen molar-refractivity contribution in [3.8, 4) is 0 Å². The first kappa shape index (κ1) is 25.8. The van der Waals surface area contributed by atoms with Gasteiger partial charge >= 0.3 is 5.97 Å². The summed E-state index contributed by atoms with van der Waals surface area (Å²) >= 11 is 0. The van der Waals surface area contributed by atoms with Crippen molar-refractivity contribution in [1.82, 2.24) is 10.2 Å². The SMILES string of the molecule is O=C(O)CCCNc1ccc(CNCCN2Cc3ccc(F)cc3CC2Cc2ccc(F)cc2)cc1. The molecule has 1 atom stereocenters. The molecule has 5 nitrogen and oxygen atoms in total. The molecule has 3 N–H and O–H groups in total. The number of nitrogens with one attached hydrogen (secondary N) is 2. The molecule has 1 unspecified atom stereocenters. The van der Waals surface area contributed by atoms with Crippen LogP contribution in [0.2, 0.25) is 0 Å². The fraction of sp³-hybridized carbons (Fsp3) is 0.345. The Kier molecular flexibility index (Phi) is 9.03. The number of carboxylic acids is 1. The highest BCUT2D eigenvalue weighted by molar-refractivity contribution is 5.66. The summed E-state index contributed by atoms with van der Waals surface area (Å²) in [6.07, 6.45) is 2.32. The zero-order chi connectivity index (χ0) is 25.3. The van der Waals surface area contributed by atoms with Gasteiger partial charge in [0.15, 0.2) is 0 Å². The van der Waals surface area contributed by atoms with E-state index in [4.69, 9.17) is 5.11 Å². The van der Waals surface area contributed by atoms with Crippen LogP contribution in [0.25, 0.3) is 0 Å². The Bertz CT molecular complexity index is 1140. The van der Waals surface area contributed by atoms with Crippen LogP contribution in [-0.2, 0) is 30.7 Å². The van der Waals surface area contributed by atoms with E-state index >= 15 is 0 Å². The molecule has 0 radical (unpaired) electrons. The summed E-state index contributed by atoms with van der Waals surface area (Å²) in [6.45, 7) is 3.81. The van der Waals surface area contributed by atoms with Crippen molar-refractivity contribution < 1.29 is 18.7 Å². The summed E-state index contributed by atoms with van der Waals surface area (Å²) in [5.41, 5.74) is 5.46. The molecule has 1 heterocycles. The standard InChI is InChI=1S/C29H33F2N3O2/c30-25-8-3-21(4-9-25)16-28-18-24-17-26(31)10-7-23(24)20-34(28)15-14-32-19-22-5-11-27(12-6-22)33-13-1-2-29(35)36/h3-12,17,28,32-33H,1-2,13-16,18-20H2,(H,35,36). The average molecular weight is 494 g/mol. The summed E-state index contributed by atoms with van der Waals surface area (Å²) in [7, 11) is 0. The van der Waals surface area contributed by atoms with E-state index in [0.717, 1.165) is 61.4 Å². The van der Waals surface area contributed by atoms with Gasteiger partial charge in [0, 0.05) is 50.9 Å². The first-order valence-electron chi connectivity index (χ1n) is 12.5. The second kappa shape index (κ2) is 12.6. The van der Waals surface area contributed by atoms with Crippen molar-refractivity contribution in [2.75, 3.05) is 25.0 Å². The predicted octanol–water partition coefficient (Wildman–Crippen LogP) is 5.00. The average Bonchev–Trinajstić information content (AvgIpc) is 2.86. The Hall–Kier alpha value is -3.29. The van der Waals surface area contributed by atoms with Crippen LogP contribution in [-0.4, -0.2) is 41.7 Å². The monoisotopic (exact) mass is 493 g/mol. The normalized spacial score (nSPS) is 15.4. The van der Waals surface area contributed by atoms with E-state index < -0.39 is 5.97 Å². The highest BCUT2D eigenvalue weighted by Gasteiger charge is 2.26. The lowest BCUT2D eigenvalue weighted by atomic mass is 9.90. The quantitative estimate of drug-likeness (QED) is 0.310. The van der Waals surface area contributed by atoms with Gasteiger partial charge < -0.3 is 15.7 Å². The first-order chi connectivity index (χ1) is 17.5. The van der Waals surface area contributed by atoms with Crippen molar-refractivity contribution in [3.05, 3.63) is 101 Å². The van der Waals surface area contributed by atoms with Crippen LogP contribution in [0, 0.1) is 11.6 Å². The van der Waals surface area contributed by atoms with Gasteiger partial charge in [-0.3, -0.25) is 9.69 Å². The lowest BCUT2D eigenvalue weighted by molar-refractivity contribution is -0.137. The third kappa shape index (κ3) is 7.60. The van der Waals surface area contributed by atoms with Crippen molar-refractivity contribution in [2.45, 2.75) is 44.8 Å². The fourth-order valence-electron chi connectivity index (χ4n) is 4.69. The molecule has 3 aromatic carbocycles. The Morgan fingerprint density at radius 3 is 2.39 bits per heavy atom. The highest BCUT2D eigenvalue weighted by Crippen LogP contribution is 2.26. The molecule has 36 heavy (non-hydrogen) atoms. The smallest absolute Gasteiger partial charge is 0.303 e. The van der Waals surface area contributed by atoms with Gasteiger partial charge in [-0.25, -0.2) is 8.78 Å². The Morgan fingerprint density at radius 1 is 0.917 bits per heavy atom. The van der Waals surface area contributed by atoms with Gasteiger partial charge in [0.1, 0.15) is 11.6 Å². The second-order valence-corrected chi connectivity index (χ2v) is 9.37. The summed E-state index contributed by atoms with van der Waals surface area (Å²) < 4.78 is 27.2. The molecule has 0 aromatic heterocycles. The Balaban J connectivity index is 1.29. The molecule has 0 saturated carbocycles. The van der Waals surface area contributed by atoms with Crippen molar-refractivity contribution in [3.63, 3.8) is 0 Å². The van der Waals surface area contributed by atoms with Crippen LogP contribution in [0.1, 0.15) is 35.1 Å². The Morgan fingerprint density at radius 2 is 1.64 bits per heavy atom. The number of fused-ring (bicyclic) bond motifs is 1. The van der Waals surface area contributed by atoms with Crippen LogP contribution in [0.15, 0.2) is 66.7 Å². The number of carboxylic acid groups (broad SMARTS) is 1. The molecule has 0 saturated heterocycles. The maximum absolute atomic E-state index is 13.8. The molecule has 7 heteroatoms. The third-order valence-corrected chi connectivity index (χ3v) is 6.65. The minimum atomic E-state index is -0.775. The summed E-state index contributed by atoms with van der Waals surface area (Å²) in [4.78, 5) is 13.0. The van der Waals surface area contributed by atoms with Gasteiger partial charge in [0.25, 0.3) is 0 Å². The second-order valence-electron chi connectivity index (χ2n) is 9.37. The van der Waals surface area contributed by atoms with Crippen LogP contribution >= 0.6 is 0 Å². The maximum atomic E-state index is 13.8. The zero-order valence-electron chi connectivity index (χ0n) is 20.4. The van der Waals surface area contributed by atoms with Crippen molar-refractivity contribution in [1.29, 1.82) is 0 Å². The Labute approximate surface area is 211 Å². The molecular formula is C29H33F2N3O2. The minimum absolute atomic E-state index is 0.166. The van der Waals surface area contributed by atoms with Gasteiger partial charge in [-0.1, -0.05) is 30.3 Å². The van der Waals surface area contributed by atoms with Gasteiger partial charge in [-0.15, -0.1) is 0 Å². The number of nitrogens with zero attached hydrogens (tertiary/aromatic N) is 1. The molecule has 4 rings (SSSR count). The van der Waals surface area contributed by atoms with Gasteiger partial charge in [-0.05, 0) is 77.9 Å². The van der Waals surface area contributed by atoms with E-state index in [1.807, 2.05) is 30.3 Å². The molecule has 190 valence electrons. The lowest BCUT2D eigenvalue weighted by Crippen LogP contribution is -2.44. The lowest BCUT2D eigenvalue weighted by Gasteiger charge is -2.37. The number of hydrogen-bond acceptors (Lipinski definition) is 4. The number of hydrogen-bond donors (Lipinski definition) is 3. The number of anilines is 1. The van der Waals surface area contributed by atoms with Crippen molar-refractivity contribution >= 4 is 11.7 Å². The number of rotatable bonds is 12. The van der Waals surface area contributed by atoms with Gasteiger partial charge in [0.2, 0.25) is 0 Å². The van der Waals surface area contributed by atoms with Gasteiger partial charge in [0.05, 0.1) is 0 Å². The van der Waals surface area contributed by atoms with Crippen LogP contribution in [0.4, 0.5) is 14.5 Å². The molecule has 0 spiro atoms. The number of carbonyl (C=O) groups is 1. The molecular weight excluding hydrogens is 460 g/mol. The van der Waals surface area contributed by atoms with Crippen LogP contribution in [0.5, 0.6) is 0 Å². The topological polar surface area (TPSA) is 64.6 Å². The van der Waals surface area contributed by atoms with Crippen LogP contribution < -0.4 is 10.6 Å². The maximum Gasteiger partial charge on any atom is 0.303 e. The van der Waals surface area contributed by atoms with Crippen molar-refractivity contribution in [2.24, 2.45) is 0 Å². The highest BCUT2D eigenvalue weighted by atomic mass is 19.1. The van der Waals surface area contributed by atoms with E-state index in [0.29, 0.717) is 13.0 Å². The van der Waals surface area contributed by atoms with Gasteiger partial charge in [-0.2, -0.15) is 0 Å². The van der Waals surface area contributed by atoms with E-state index in [2.05, 4.69) is 27.7 Å². The fourth-order valence-corrected chi connectivity index (χ4v) is 4.69. The largest absolute Gasteiger partial charge is 0.481 e. The number of halogens is 2. The summed E-state index contributed by atoms with van der Waals surface area (Å²) in [5.74, 6) is -1.22. The van der Waals surface area contributed by atoms with E-state index in [-0.39, 0.29) is 24.1 Å². The molecule has 1 aliphatic rings. The first-order valence-corrected chi connectivity index (χ1v) is 12.5. The summed E-state index contributed by atoms with van der Waals surface area (Å²) in [6, 6.07) is 20.1. The molecule has 0 amide bonds. The predicted molar refractivity (Wildman–Crippen MR) is 138 cm³/mol. The molecule has 1 aliphatic heterocycles. The zero-order valence-corrected chi connectivity index (χ0v) is 20.4.